The average molecular weight is 583 g/mol. The van der Waals surface area contributed by atoms with E-state index in [1.807, 2.05) is 30.6 Å². The molecule has 0 amide bonds. The van der Waals surface area contributed by atoms with Crippen molar-refractivity contribution in [2.24, 2.45) is 5.92 Å². The number of ether oxygens (including phenoxy) is 1. The largest absolute Gasteiger partial charge is 0.573 e. The van der Waals surface area contributed by atoms with Crippen LogP contribution < -0.4 is 4.74 Å². The number of carbonyl (C=O) groups excluding carboxylic acids is 1. The Bertz CT molecular complexity index is 1580. The van der Waals surface area contributed by atoms with Gasteiger partial charge in [0.05, 0.1) is 11.2 Å². The first kappa shape index (κ1) is 27.6. The Morgan fingerprint density at radius 2 is 2.05 bits per heavy atom. The minimum absolute atomic E-state index is 0.00400. The molecule has 2 aromatic heterocycles. The average Bonchev–Trinajstić information content (AvgIpc) is 3.46. The molecule has 1 fully saturated rings. The van der Waals surface area contributed by atoms with Crippen molar-refractivity contribution in [1.29, 1.82) is 0 Å². The number of benzene rings is 2. The zero-order chi connectivity index (χ0) is 28.7. The van der Waals surface area contributed by atoms with Gasteiger partial charge in [-0.3, -0.25) is 9.69 Å². The van der Waals surface area contributed by atoms with Gasteiger partial charge in [-0.25, -0.2) is 4.98 Å². The molecule has 0 bridgehead atoms. The van der Waals surface area contributed by atoms with E-state index >= 15 is 0 Å². The lowest BCUT2D eigenvalue weighted by molar-refractivity contribution is -0.274. The molecule has 7 nitrogen and oxygen atoms in total. The highest BCUT2D eigenvalue weighted by Crippen LogP contribution is 2.48. The zero-order valence-electron chi connectivity index (χ0n) is 22.7. The van der Waals surface area contributed by atoms with Gasteiger partial charge in [-0.2, -0.15) is 4.98 Å². The van der Waals surface area contributed by atoms with Gasteiger partial charge in [0.2, 0.25) is 5.89 Å². The number of halogens is 3. The number of aryl methyl sites for hydroxylation is 3. The highest BCUT2D eigenvalue weighted by atomic mass is 32.1. The second-order valence-corrected chi connectivity index (χ2v) is 11.7. The molecule has 0 radical (unpaired) electrons. The molecule has 1 saturated carbocycles. The molecular formula is C30H29F3N4O3S. The molecule has 3 heterocycles. The van der Waals surface area contributed by atoms with Crippen LogP contribution in [0.5, 0.6) is 5.75 Å². The number of hydrogen-bond acceptors (Lipinski definition) is 8. The summed E-state index contributed by atoms with van der Waals surface area (Å²) in [5.74, 6) is 0.962. The van der Waals surface area contributed by atoms with Crippen LogP contribution in [0.3, 0.4) is 0 Å². The van der Waals surface area contributed by atoms with Crippen molar-refractivity contribution in [3.63, 3.8) is 0 Å². The van der Waals surface area contributed by atoms with Gasteiger partial charge in [0, 0.05) is 42.8 Å². The van der Waals surface area contributed by atoms with Gasteiger partial charge in [-0.05, 0) is 73.1 Å². The quantitative estimate of drug-likeness (QED) is 0.221. The van der Waals surface area contributed by atoms with Gasteiger partial charge in [0.1, 0.15) is 11.5 Å². The predicted molar refractivity (Wildman–Crippen MR) is 146 cm³/mol. The van der Waals surface area contributed by atoms with Crippen molar-refractivity contribution >= 4 is 17.1 Å². The number of Topliss-reactive ketones (excluding diaryl/α,β-unsaturated/α-hetero) is 1. The van der Waals surface area contributed by atoms with Gasteiger partial charge in [-0.15, -0.1) is 24.5 Å². The lowest BCUT2D eigenvalue weighted by Gasteiger charge is -2.32. The molecule has 6 rings (SSSR count). The predicted octanol–water partition coefficient (Wildman–Crippen LogP) is 6.57. The zero-order valence-corrected chi connectivity index (χ0v) is 23.5. The summed E-state index contributed by atoms with van der Waals surface area (Å²) in [5, 5.41) is 3.84. The van der Waals surface area contributed by atoms with Crippen molar-refractivity contribution in [3.8, 4) is 16.9 Å². The van der Waals surface area contributed by atoms with Crippen LogP contribution in [0.2, 0.25) is 0 Å². The highest BCUT2D eigenvalue weighted by Gasteiger charge is 2.47. The molecule has 0 saturated heterocycles. The van der Waals surface area contributed by atoms with Crippen LogP contribution >= 0.6 is 11.3 Å². The Balaban J connectivity index is 1.25. The number of nitrogens with zero attached hydrogens (tertiary/aromatic N) is 4. The SMILES string of the molecule is Cc1noc([C@@H]2CC2C(=O)CCc2ccc(-c3cccc(OC(F)(F)F)c3)c3c2CN(Cc2scnc2C)CC3)n1. The molecule has 0 spiro atoms. The maximum absolute atomic E-state index is 13.1. The fourth-order valence-electron chi connectivity index (χ4n) is 5.71. The van der Waals surface area contributed by atoms with E-state index in [1.165, 1.54) is 17.0 Å². The summed E-state index contributed by atoms with van der Waals surface area (Å²) >= 11 is 1.64. The fraction of sp³-hybridized carbons (Fsp3) is 0.400. The number of thiazole rings is 1. The monoisotopic (exact) mass is 582 g/mol. The van der Waals surface area contributed by atoms with Gasteiger partial charge in [0.15, 0.2) is 5.82 Å². The fourth-order valence-corrected chi connectivity index (χ4v) is 6.53. The summed E-state index contributed by atoms with van der Waals surface area (Å²) in [5.41, 5.74) is 7.80. The molecule has 4 aromatic rings. The number of aromatic nitrogens is 3. The van der Waals surface area contributed by atoms with E-state index in [1.54, 1.807) is 24.3 Å². The van der Waals surface area contributed by atoms with Crippen molar-refractivity contribution in [1.82, 2.24) is 20.0 Å². The number of rotatable bonds is 9. The van der Waals surface area contributed by atoms with Crippen LogP contribution in [-0.4, -0.2) is 38.7 Å². The van der Waals surface area contributed by atoms with Crippen molar-refractivity contribution in [2.75, 3.05) is 6.54 Å². The third-order valence-corrected chi connectivity index (χ3v) is 8.80. The lowest BCUT2D eigenvalue weighted by Crippen LogP contribution is -2.31. The summed E-state index contributed by atoms with van der Waals surface area (Å²) in [6, 6.07) is 10.1. The summed E-state index contributed by atoms with van der Waals surface area (Å²) < 4.78 is 48.1. The normalized spacial score (nSPS) is 18.8. The van der Waals surface area contributed by atoms with Gasteiger partial charge >= 0.3 is 6.36 Å². The van der Waals surface area contributed by atoms with E-state index in [2.05, 4.69) is 24.8 Å². The van der Waals surface area contributed by atoms with E-state index in [-0.39, 0.29) is 23.4 Å². The first-order chi connectivity index (χ1) is 19.6. The summed E-state index contributed by atoms with van der Waals surface area (Å²) in [4.78, 5) is 25.3. The van der Waals surface area contributed by atoms with E-state index in [9.17, 15) is 18.0 Å². The van der Waals surface area contributed by atoms with E-state index in [4.69, 9.17) is 4.52 Å². The number of ketones is 1. The van der Waals surface area contributed by atoms with Crippen LogP contribution in [0.25, 0.3) is 11.1 Å². The molecule has 2 atom stereocenters. The van der Waals surface area contributed by atoms with Crippen LogP contribution in [-0.2, 0) is 30.7 Å². The Morgan fingerprint density at radius 3 is 2.78 bits per heavy atom. The number of fused-ring (bicyclic) bond motifs is 1. The third-order valence-electron chi connectivity index (χ3n) is 7.88. The maximum Gasteiger partial charge on any atom is 0.573 e. The standard InChI is InChI=1S/C30H29F3N4O3S/c1-17-28(41-16-34-17)15-37-11-10-23-22(20-4-3-5-21(12-20)39-30(31,32)33)8-6-19(26(23)14-37)7-9-27(38)24-13-25(24)29-35-18(2)36-40-29/h3-6,8,12,16,24-25H,7,9-11,13-15H2,1-2H3/t24?,25-/m1/s1. The Kier molecular flexibility index (Phi) is 7.41. The van der Waals surface area contributed by atoms with Gasteiger partial charge < -0.3 is 9.26 Å². The van der Waals surface area contributed by atoms with Crippen LogP contribution in [0.4, 0.5) is 13.2 Å². The smallest absolute Gasteiger partial charge is 0.406 e. The van der Waals surface area contributed by atoms with Crippen molar-refractivity contribution < 1.29 is 27.2 Å². The molecule has 0 N–H and O–H groups in total. The summed E-state index contributed by atoms with van der Waals surface area (Å²) in [7, 11) is 0. The molecule has 214 valence electrons. The van der Waals surface area contributed by atoms with Crippen LogP contribution in [0, 0.1) is 19.8 Å². The Hall–Kier alpha value is -3.57. The first-order valence-corrected chi connectivity index (χ1v) is 14.5. The number of alkyl halides is 3. The lowest BCUT2D eigenvalue weighted by atomic mass is 9.86. The number of hydrogen-bond donors (Lipinski definition) is 0. The molecule has 2 aromatic carbocycles. The van der Waals surface area contributed by atoms with E-state index < -0.39 is 6.36 Å². The molecule has 11 heteroatoms. The third kappa shape index (κ3) is 6.20. The molecule has 1 unspecified atom stereocenters. The first-order valence-electron chi connectivity index (χ1n) is 13.6. The van der Waals surface area contributed by atoms with Crippen LogP contribution in [0.1, 0.15) is 57.7 Å². The van der Waals surface area contributed by atoms with E-state index in [0.717, 1.165) is 53.9 Å². The second kappa shape index (κ2) is 11.0. The summed E-state index contributed by atoms with van der Waals surface area (Å²) in [6.07, 6.45) is -2.28. The highest BCUT2D eigenvalue weighted by molar-refractivity contribution is 7.09. The molecule has 1 aliphatic heterocycles. The van der Waals surface area contributed by atoms with Crippen LogP contribution in [0.15, 0.2) is 46.4 Å². The van der Waals surface area contributed by atoms with Gasteiger partial charge in [0.25, 0.3) is 0 Å². The molecular weight excluding hydrogens is 553 g/mol. The topological polar surface area (TPSA) is 81.4 Å². The Morgan fingerprint density at radius 1 is 1.20 bits per heavy atom. The van der Waals surface area contributed by atoms with Crippen molar-refractivity contribution in [3.05, 3.63) is 80.9 Å². The van der Waals surface area contributed by atoms with Crippen molar-refractivity contribution in [2.45, 2.75) is 64.9 Å². The van der Waals surface area contributed by atoms with Gasteiger partial charge in [-0.1, -0.05) is 29.4 Å². The summed E-state index contributed by atoms with van der Waals surface area (Å²) in [6.45, 7) is 6.05. The molecule has 2 aliphatic rings. The minimum atomic E-state index is -4.76. The molecule has 41 heavy (non-hydrogen) atoms. The number of carbonyl (C=O) groups is 1. The maximum atomic E-state index is 13.1. The Labute approximate surface area is 239 Å². The minimum Gasteiger partial charge on any atom is -0.406 e. The van der Waals surface area contributed by atoms with E-state index in [0.29, 0.717) is 36.7 Å². The molecule has 1 aliphatic carbocycles. The second-order valence-electron chi connectivity index (χ2n) is 10.7.